The maximum Gasteiger partial charge on any atom is 0.216 e. The highest BCUT2D eigenvalue weighted by atomic mass is 19.1. The second-order valence-electron chi connectivity index (χ2n) is 5.08. The van der Waals surface area contributed by atoms with Gasteiger partial charge in [0.15, 0.2) is 0 Å². The maximum atomic E-state index is 13.3. The van der Waals surface area contributed by atoms with Crippen molar-refractivity contribution in [3.05, 3.63) is 41.5 Å². The second-order valence-corrected chi connectivity index (χ2v) is 5.08. The molecule has 1 aliphatic heterocycles. The van der Waals surface area contributed by atoms with Crippen LogP contribution in [0, 0.1) is 0 Å². The minimum absolute atomic E-state index is 0.134. The number of aliphatic imine (C=N–C) groups is 1. The van der Waals surface area contributed by atoms with Gasteiger partial charge in [0.25, 0.3) is 0 Å². The van der Waals surface area contributed by atoms with E-state index in [1.165, 1.54) is 5.56 Å². The van der Waals surface area contributed by atoms with Crippen molar-refractivity contribution in [1.82, 2.24) is 0 Å². The van der Waals surface area contributed by atoms with E-state index in [0.29, 0.717) is 12.1 Å². The molecule has 0 atom stereocenters. The second kappa shape index (κ2) is 3.85. The highest BCUT2D eigenvalue weighted by Crippen LogP contribution is 2.26. The summed E-state index contributed by atoms with van der Waals surface area (Å²) in [5.41, 5.74) is 2.93. The summed E-state index contributed by atoms with van der Waals surface area (Å²) in [7, 11) is 0. The molecule has 0 bridgehead atoms. The molecular weight excluding hydrogens is 201 g/mol. The molecule has 0 radical (unpaired) electrons. The monoisotopic (exact) mass is 217 g/mol. The molecule has 0 saturated heterocycles. The third-order valence-electron chi connectivity index (χ3n) is 2.81. The van der Waals surface area contributed by atoms with E-state index in [4.69, 9.17) is 0 Å². The summed E-state index contributed by atoms with van der Waals surface area (Å²) >= 11 is 0. The van der Waals surface area contributed by atoms with Gasteiger partial charge in [0, 0.05) is 5.57 Å². The first-order valence-corrected chi connectivity index (χ1v) is 5.50. The minimum Gasteiger partial charge on any atom is -0.253 e. The van der Waals surface area contributed by atoms with Crippen LogP contribution in [0.5, 0.6) is 0 Å². The SMILES string of the molecule is CC(C)(C)c1ccc(C2=CCN=C2F)cc1. The normalized spacial score (nSPS) is 16.0. The largest absolute Gasteiger partial charge is 0.253 e. The van der Waals surface area contributed by atoms with E-state index in [2.05, 4.69) is 37.9 Å². The van der Waals surface area contributed by atoms with E-state index in [1.54, 1.807) is 0 Å². The van der Waals surface area contributed by atoms with Crippen LogP contribution in [0.4, 0.5) is 4.39 Å². The van der Waals surface area contributed by atoms with Gasteiger partial charge in [-0.1, -0.05) is 51.1 Å². The molecule has 0 saturated carbocycles. The zero-order chi connectivity index (χ0) is 11.8. The fraction of sp³-hybridized carbons (Fsp3) is 0.357. The van der Waals surface area contributed by atoms with E-state index in [1.807, 2.05) is 18.2 Å². The van der Waals surface area contributed by atoms with Crippen LogP contribution in [0.25, 0.3) is 5.57 Å². The number of allylic oxidation sites excluding steroid dienone is 1. The lowest BCUT2D eigenvalue weighted by Crippen LogP contribution is -2.10. The smallest absolute Gasteiger partial charge is 0.216 e. The zero-order valence-corrected chi connectivity index (χ0v) is 9.92. The number of hydrogen-bond acceptors (Lipinski definition) is 1. The molecule has 1 aliphatic rings. The average molecular weight is 217 g/mol. The predicted octanol–water partition coefficient (Wildman–Crippen LogP) is 3.75. The molecule has 1 aromatic carbocycles. The van der Waals surface area contributed by atoms with Gasteiger partial charge in [0.2, 0.25) is 5.97 Å². The summed E-state index contributed by atoms with van der Waals surface area (Å²) in [6.07, 6.45) is 1.82. The van der Waals surface area contributed by atoms with Gasteiger partial charge in [0.05, 0.1) is 6.54 Å². The molecule has 0 fully saturated rings. The first-order chi connectivity index (χ1) is 7.48. The molecule has 1 aromatic rings. The van der Waals surface area contributed by atoms with Crippen LogP contribution in [-0.2, 0) is 5.41 Å². The van der Waals surface area contributed by atoms with Crippen LogP contribution >= 0.6 is 0 Å². The Morgan fingerprint density at radius 3 is 2.19 bits per heavy atom. The van der Waals surface area contributed by atoms with E-state index >= 15 is 0 Å². The minimum atomic E-state index is -0.344. The Morgan fingerprint density at radius 1 is 1.12 bits per heavy atom. The van der Waals surface area contributed by atoms with Crippen molar-refractivity contribution >= 4 is 11.5 Å². The Bertz CT molecular complexity index is 447. The topological polar surface area (TPSA) is 12.4 Å². The summed E-state index contributed by atoms with van der Waals surface area (Å²) in [6.45, 7) is 6.96. The van der Waals surface area contributed by atoms with Crippen molar-refractivity contribution in [2.45, 2.75) is 26.2 Å². The third-order valence-corrected chi connectivity index (χ3v) is 2.81. The Morgan fingerprint density at radius 2 is 1.75 bits per heavy atom. The lowest BCUT2D eigenvalue weighted by molar-refractivity contribution is 0.590. The Kier molecular flexibility index (Phi) is 2.66. The Balaban J connectivity index is 2.30. The van der Waals surface area contributed by atoms with Gasteiger partial charge in [0.1, 0.15) is 0 Å². The molecule has 0 unspecified atom stereocenters. The quantitative estimate of drug-likeness (QED) is 0.679. The molecule has 1 nitrogen and oxygen atoms in total. The predicted molar refractivity (Wildman–Crippen MR) is 66.5 cm³/mol. The van der Waals surface area contributed by atoms with Crippen molar-refractivity contribution in [2.75, 3.05) is 6.54 Å². The van der Waals surface area contributed by atoms with Crippen molar-refractivity contribution in [3.63, 3.8) is 0 Å². The van der Waals surface area contributed by atoms with Crippen LogP contribution in [0.15, 0.2) is 35.3 Å². The highest BCUT2D eigenvalue weighted by Gasteiger charge is 2.16. The molecule has 16 heavy (non-hydrogen) atoms. The van der Waals surface area contributed by atoms with E-state index in [9.17, 15) is 4.39 Å². The zero-order valence-electron chi connectivity index (χ0n) is 9.92. The third kappa shape index (κ3) is 2.06. The van der Waals surface area contributed by atoms with Crippen molar-refractivity contribution in [1.29, 1.82) is 0 Å². The number of hydrogen-bond donors (Lipinski definition) is 0. The van der Waals surface area contributed by atoms with E-state index in [0.717, 1.165) is 5.56 Å². The Hall–Kier alpha value is -1.44. The number of rotatable bonds is 1. The highest BCUT2D eigenvalue weighted by molar-refractivity contribution is 6.20. The van der Waals surface area contributed by atoms with E-state index < -0.39 is 0 Å². The molecule has 1 heterocycles. The van der Waals surface area contributed by atoms with Crippen LogP contribution in [0.1, 0.15) is 31.9 Å². The molecule has 2 rings (SSSR count). The summed E-state index contributed by atoms with van der Waals surface area (Å²) < 4.78 is 13.3. The molecule has 0 amide bonds. The summed E-state index contributed by atoms with van der Waals surface area (Å²) in [5.74, 6) is -0.344. The molecule has 2 heteroatoms. The maximum absolute atomic E-state index is 13.3. The number of benzene rings is 1. The van der Waals surface area contributed by atoms with Crippen molar-refractivity contribution < 1.29 is 4.39 Å². The van der Waals surface area contributed by atoms with Gasteiger partial charge < -0.3 is 0 Å². The number of nitrogens with zero attached hydrogens (tertiary/aromatic N) is 1. The molecule has 0 spiro atoms. The molecule has 0 aromatic heterocycles. The molecular formula is C14H16FN. The molecule has 0 N–H and O–H groups in total. The van der Waals surface area contributed by atoms with Crippen molar-refractivity contribution in [2.24, 2.45) is 4.99 Å². The van der Waals surface area contributed by atoms with Crippen LogP contribution in [0.2, 0.25) is 0 Å². The standard InChI is InChI=1S/C14H16FN/c1-14(2,3)11-6-4-10(5-7-11)12-8-9-16-13(12)15/h4-8H,9H2,1-3H3. The summed E-state index contributed by atoms with van der Waals surface area (Å²) in [6, 6.07) is 8.04. The lowest BCUT2D eigenvalue weighted by Gasteiger charge is -2.19. The molecule has 84 valence electrons. The Labute approximate surface area is 95.7 Å². The summed E-state index contributed by atoms with van der Waals surface area (Å²) in [4.78, 5) is 3.72. The van der Waals surface area contributed by atoms with Gasteiger partial charge in [-0.25, -0.2) is 0 Å². The molecule has 0 aliphatic carbocycles. The fourth-order valence-corrected chi connectivity index (χ4v) is 1.77. The first-order valence-electron chi connectivity index (χ1n) is 5.50. The van der Waals surface area contributed by atoms with Crippen molar-refractivity contribution in [3.8, 4) is 0 Å². The van der Waals surface area contributed by atoms with Crippen LogP contribution in [0.3, 0.4) is 0 Å². The fourth-order valence-electron chi connectivity index (χ4n) is 1.77. The van der Waals surface area contributed by atoms with Gasteiger partial charge in [-0.2, -0.15) is 4.39 Å². The first kappa shape index (κ1) is 11.1. The van der Waals surface area contributed by atoms with E-state index in [-0.39, 0.29) is 11.4 Å². The van der Waals surface area contributed by atoms with Gasteiger partial charge in [-0.3, -0.25) is 4.99 Å². The van der Waals surface area contributed by atoms with Crippen LogP contribution in [-0.4, -0.2) is 12.5 Å². The summed E-state index contributed by atoms with van der Waals surface area (Å²) in [5, 5.41) is 0. The lowest BCUT2D eigenvalue weighted by atomic mass is 9.86. The van der Waals surface area contributed by atoms with Gasteiger partial charge in [-0.05, 0) is 16.5 Å². The van der Waals surface area contributed by atoms with Gasteiger partial charge in [-0.15, -0.1) is 0 Å². The van der Waals surface area contributed by atoms with Crippen LogP contribution < -0.4 is 0 Å². The van der Waals surface area contributed by atoms with Gasteiger partial charge >= 0.3 is 0 Å². The number of halogens is 1. The average Bonchev–Trinajstić information content (AvgIpc) is 2.63.